The number of hydrogen-bond acceptors (Lipinski definition) is 2. The molecule has 0 saturated heterocycles. The van der Waals surface area contributed by atoms with Crippen LogP contribution in [-0.2, 0) is 4.79 Å². The average Bonchev–Trinajstić information content (AvgIpc) is 2.18. The first kappa shape index (κ1) is 11.4. The highest BCUT2D eigenvalue weighted by atomic mass is 16.1. The van der Waals surface area contributed by atoms with Crippen molar-refractivity contribution >= 4 is 17.3 Å². The standard InChI is InChI=1S/C12H16N2O/c1-9(13-11(3)15)10(2)14-12-7-5-4-6-8-12/h4-9H,1-3H3,(H,13,15). The van der Waals surface area contributed by atoms with E-state index in [0.717, 1.165) is 11.4 Å². The number of amides is 1. The molecule has 1 N–H and O–H groups in total. The van der Waals surface area contributed by atoms with Crippen LogP contribution < -0.4 is 5.32 Å². The Balaban J connectivity index is 2.71. The highest BCUT2D eigenvalue weighted by molar-refractivity contribution is 5.92. The van der Waals surface area contributed by atoms with Crippen molar-refractivity contribution in [3.63, 3.8) is 0 Å². The van der Waals surface area contributed by atoms with Crippen LogP contribution in [0.5, 0.6) is 0 Å². The Labute approximate surface area is 90.2 Å². The second kappa shape index (κ2) is 5.29. The molecule has 1 aromatic rings. The van der Waals surface area contributed by atoms with E-state index < -0.39 is 0 Å². The average molecular weight is 204 g/mol. The minimum absolute atomic E-state index is 0.0253. The molecule has 0 saturated carbocycles. The summed E-state index contributed by atoms with van der Waals surface area (Å²) in [6.45, 7) is 5.34. The number of nitrogens with zero attached hydrogens (tertiary/aromatic N) is 1. The van der Waals surface area contributed by atoms with Crippen LogP contribution in [0.3, 0.4) is 0 Å². The van der Waals surface area contributed by atoms with Gasteiger partial charge in [-0.1, -0.05) is 18.2 Å². The lowest BCUT2D eigenvalue weighted by atomic mass is 10.2. The molecule has 1 rings (SSSR count). The van der Waals surface area contributed by atoms with Crippen molar-refractivity contribution in [3.05, 3.63) is 30.3 Å². The number of carbonyl (C=O) groups is 1. The van der Waals surface area contributed by atoms with Crippen LogP contribution >= 0.6 is 0 Å². The minimum atomic E-state index is -0.0369. The molecule has 1 unspecified atom stereocenters. The molecular formula is C12H16N2O. The predicted octanol–water partition coefficient (Wildman–Crippen LogP) is 2.30. The molecule has 0 spiro atoms. The molecule has 0 bridgehead atoms. The van der Waals surface area contributed by atoms with E-state index in [2.05, 4.69) is 10.3 Å². The lowest BCUT2D eigenvalue weighted by molar-refractivity contribution is -0.119. The van der Waals surface area contributed by atoms with Gasteiger partial charge in [0.1, 0.15) is 0 Å². The maximum absolute atomic E-state index is 10.8. The van der Waals surface area contributed by atoms with Crippen LogP contribution in [0.25, 0.3) is 0 Å². The zero-order chi connectivity index (χ0) is 11.3. The Morgan fingerprint density at radius 3 is 2.40 bits per heavy atom. The smallest absolute Gasteiger partial charge is 0.217 e. The quantitative estimate of drug-likeness (QED) is 0.754. The molecule has 0 radical (unpaired) electrons. The first-order valence-corrected chi connectivity index (χ1v) is 4.97. The predicted molar refractivity (Wildman–Crippen MR) is 62.5 cm³/mol. The first-order valence-electron chi connectivity index (χ1n) is 4.97. The van der Waals surface area contributed by atoms with Gasteiger partial charge in [-0.05, 0) is 26.0 Å². The second-order valence-corrected chi connectivity index (χ2v) is 3.51. The van der Waals surface area contributed by atoms with E-state index in [9.17, 15) is 4.79 Å². The molecule has 0 fully saturated rings. The van der Waals surface area contributed by atoms with Crippen molar-refractivity contribution in [1.29, 1.82) is 0 Å². The Bertz CT molecular complexity index is 357. The van der Waals surface area contributed by atoms with Crippen LogP contribution in [0.4, 0.5) is 5.69 Å². The van der Waals surface area contributed by atoms with Gasteiger partial charge in [-0.25, -0.2) is 0 Å². The third-order valence-corrected chi connectivity index (χ3v) is 2.11. The summed E-state index contributed by atoms with van der Waals surface area (Å²) in [4.78, 5) is 15.3. The zero-order valence-corrected chi connectivity index (χ0v) is 9.32. The fraction of sp³-hybridized carbons (Fsp3) is 0.333. The topological polar surface area (TPSA) is 41.5 Å². The molecule has 1 aromatic carbocycles. The Morgan fingerprint density at radius 2 is 1.87 bits per heavy atom. The summed E-state index contributed by atoms with van der Waals surface area (Å²) in [6, 6.07) is 9.67. The van der Waals surface area contributed by atoms with Crippen LogP contribution in [0.15, 0.2) is 35.3 Å². The molecule has 15 heavy (non-hydrogen) atoms. The Kier molecular flexibility index (Phi) is 4.03. The van der Waals surface area contributed by atoms with Gasteiger partial charge in [-0.3, -0.25) is 9.79 Å². The normalized spacial score (nSPS) is 13.4. The van der Waals surface area contributed by atoms with E-state index >= 15 is 0 Å². The molecule has 0 aromatic heterocycles. The van der Waals surface area contributed by atoms with Crippen molar-refractivity contribution in [2.75, 3.05) is 0 Å². The molecule has 3 heteroatoms. The fourth-order valence-corrected chi connectivity index (χ4v) is 1.21. The van der Waals surface area contributed by atoms with Gasteiger partial charge in [0.15, 0.2) is 0 Å². The third kappa shape index (κ3) is 3.94. The van der Waals surface area contributed by atoms with Crippen molar-refractivity contribution in [2.45, 2.75) is 26.8 Å². The summed E-state index contributed by atoms with van der Waals surface area (Å²) < 4.78 is 0. The highest BCUT2D eigenvalue weighted by Crippen LogP contribution is 2.10. The van der Waals surface area contributed by atoms with Crippen molar-refractivity contribution in [2.24, 2.45) is 4.99 Å². The van der Waals surface area contributed by atoms with Gasteiger partial charge < -0.3 is 5.32 Å². The Hall–Kier alpha value is -1.64. The van der Waals surface area contributed by atoms with Gasteiger partial charge in [0, 0.05) is 12.6 Å². The third-order valence-electron chi connectivity index (χ3n) is 2.11. The largest absolute Gasteiger partial charge is 0.349 e. The SMILES string of the molecule is CC(=O)NC(C)C(C)=Nc1ccccc1. The summed E-state index contributed by atoms with van der Waals surface area (Å²) in [5.41, 5.74) is 1.81. The molecular weight excluding hydrogens is 188 g/mol. The van der Waals surface area contributed by atoms with E-state index in [-0.39, 0.29) is 11.9 Å². The van der Waals surface area contributed by atoms with Gasteiger partial charge in [0.05, 0.1) is 11.7 Å². The number of carbonyl (C=O) groups excluding carboxylic acids is 1. The second-order valence-electron chi connectivity index (χ2n) is 3.51. The maximum atomic E-state index is 10.8. The zero-order valence-electron chi connectivity index (χ0n) is 9.32. The molecule has 1 atom stereocenters. The number of benzene rings is 1. The van der Waals surface area contributed by atoms with E-state index in [1.165, 1.54) is 6.92 Å². The molecule has 0 heterocycles. The number of nitrogens with one attached hydrogen (secondary N) is 1. The van der Waals surface area contributed by atoms with E-state index in [4.69, 9.17) is 0 Å². The monoisotopic (exact) mass is 204 g/mol. The number of hydrogen-bond donors (Lipinski definition) is 1. The van der Waals surface area contributed by atoms with Crippen molar-refractivity contribution in [3.8, 4) is 0 Å². The van der Waals surface area contributed by atoms with Crippen LogP contribution in [0.2, 0.25) is 0 Å². The van der Waals surface area contributed by atoms with Crippen LogP contribution in [-0.4, -0.2) is 17.7 Å². The number of aliphatic imine (C=N–C) groups is 1. The van der Waals surface area contributed by atoms with Gasteiger partial charge in [0.2, 0.25) is 5.91 Å². The van der Waals surface area contributed by atoms with Gasteiger partial charge >= 0.3 is 0 Å². The molecule has 0 aliphatic heterocycles. The fourth-order valence-electron chi connectivity index (χ4n) is 1.21. The lowest BCUT2D eigenvalue weighted by Gasteiger charge is -2.11. The molecule has 1 amide bonds. The lowest BCUT2D eigenvalue weighted by Crippen LogP contribution is -2.35. The van der Waals surface area contributed by atoms with E-state index in [1.54, 1.807) is 0 Å². The highest BCUT2D eigenvalue weighted by Gasteiger charge is 2.06. The molecule has 3 nitrogen and oxygen atoms in total. The summed E-state index contributed by atoms with van der Waals surface area (Å²) in [5.74, 6) is -0.0369. The van der Waals surface area contributed by atoms with Crippen LogP contribution in [0.1, 0.15) is 20.8 Å². The van der Waals surface area contributed by atoms with Crippen molar-refractivity contribution < 1.29 is 4.79 Å². The minimum Gasteiger partial charge on any atom is -0.349 e. The van der Waals surface area contributed by atoms with Crippen molar-refractivity contribution in [1.82, 2.24) is 5.32 Å². The van der Waals surface area contributed by atoms with Gasteiger partial charge in [-0.15, -0.1) is 0 Å². The van der Waals surface area contributed by atoms with E-state index in [1.807, 2.05) is 44.2 Å². The molecule has 0 aliphatic carbocycles. The number of para-hydroxylation sites is 1. The summed E-state index contributed by atoms with van der Waals surface area (Å²) in [5, 5.41) is 2.79. The van der Waals surface area contributed by atoms with Crippen LogP contribution in [0, 0.1) is 0 Å². The summed E-state index contributed by atoms with van der Waals surface area (Å²) in [7, 11) is 0. The first-order chi connectivity index (χ1) is 7.09. The van der Waals surface area contributed by atoms with E-state index in [0.29, 0.717) is 0 Å². The van der Waals surface area contributed by atoms with Gasteiger partial charge in [-0.2, -0.15) is 0 Å². The molecule has 0 aliphatic rings. The summed E-state index contributed by atoms with van der Waals surface area (Å²) >= 11 is 0. The molecule has 80 valence electrons. The summed E-state index contributed by atoms with van der Waals surface area (Å²) in [6.07, 6.45) is 0. The maximum Gasteiger partial charge on any atom is 0.217 e. The van der Waals surface area contributed by atoms with Gasteiger partial charge in [0.25, 0.3) is 0 Å². The number of rotatable bonds is 3. The Morgan fingerprint density at radius 1 is 1.27 bits per heavy atom.